The predicted molar refractivity (Wildman–Crippen MR) is 164 cm³/mol. The molecule has 1 aromatic carbocycles. The molecule has 7 nitrogen and oxygen atoms in total. The zero-order valence-electron chi connectivity index (χ0n) is 26.4. The van der Waals surface area contributed by atoms with Crippen molar-refractivity contribution in [3.05, 3.63) is 99.0 Å². The monoisotopic (exact) mass is 535 g/mol. The second-order valence-corrected chi connectivity index (χ2v) is 9.17. The summed E-state index contributed by atoms with van der Waals surface area (Å²) in [4.78, 5) is 4.05. The summed E-state index contributed by atoms with van der Waals surface area (Å²) in [5, 5.41) is 11.5. The van der Waals surface area contributed by atoms with Crippen LogP contribution in [0.3, 0.4) is 0 Å². The van der Waals surface area contributed by atoms with Crippen LogP contribution in [-0.4, -0.2) is 32.9 Å². The lowest BCUT2D eigenvalue weighted by Crippen LogP contribution is -1.91. The molecule has 1 aliphatic rings. The van der Waals surface area contributed by atoms with Crippen LogP contribution in [0.4, 0.5) is 0 Å². The molecule has 3 aromatic heterocycles. The van der Waals surface area contributed by atoms with Crippen molar-refractivity contribution in [2.24, 2.45) is 12.0 Å². The maximum Gasteiger partial charge on any atom is 0.136 e. The summed E-state index contributed by atoms with van der Waals surface area (Å²) in [6.07, 6.45) is 1.93. The van der Waals surface area contributed by atoms with Crippen molar-refractivity contribution in [1.82, 2.24) is 20.1 Å². The fourth-order valence-corrected chi connectivity index (χ4v) is 2.85. The van der Waals surface area contributed by atoms with Gasteiger partial charge in [0.1, 0.15) is 11.5 Å². The SMILES string of the molecule is CC.CC1=C(C)CN=C1.Cc1cc(C)n(C)n1.Cc1cc(C)on1.Cc1ccccc1.Cc1noc(C)c1C. The number of allylic oxidation sites excluding steroid dienone is 1. The van der Waals surface area contributed by atoms with Crippen LogP contribution in [0.25, 0.3) is 0 Å². The van der Waals surface area contributed by atoms with Crippen molar-refractivity contribution in [2.75, 3.05) is 6.54 Å². The van der Waals surface area contributed by atoms with Gasteiger partial charge in [-0.15, -0.1) is 0 Å². The Bertz CT molecular complexity index is 1210. The minimum atomic E-state index is 0.873. The molecular formula is C32H49N5O2. The summed E-state index contributed by atoms with van der Waals surface area (Å²) in [6, 6.07) is 14.2. The normalized spacial score (nSPS) is 10.9. The molecule has 0 bridgehead atoms. The van der Waals surface area contributed by atoms with Crippen molar-refractivity contribution in [3.8, 4) is 0 Å². The average molecular weight is 536 g/mol. The first kappa shape index (κ1) is 35.3. The molecule has 39 heavy (non-hydrogen) atoms. The quantitative estimate of drug-likeness (QED) is 0.226. The molecule has 0 fully saturated rings. The zero-order valence-corrected chi connectivity index (χ0v) is 26.4. The van der Waals surface area contributed by atoms with Crippen LogP contribution in [-0.2, 0) is 7.05 Å². The highest BCUT2D eigenvalue weighted by molar-refractivity contribution is 5.81. The number of hydrogen-bond acceptors (Lipinski definition) is 6. The van der Waals surface area contributed by atoms with E-state index < -0.39 is 0 Å². The first-order chi connectivity index (χ1) is 18.4. The molecule has 0 atom stereocenters. The molecule has 0 saturated heterocycles. The van der Waals surface area contributed by atoms with Crippen molar-refractivity contribution in [3.63, 3.8) is 0 Å². The third-order valence-corrected chi connectivity index (χ3v) is 5.60. The van der Waals surface area contributed by atoms with E-state index in [9.17, 15) is 0 Å². The maximum absolute atomic E-state index is 4.84. The van der Waals surface area contributed by atoms with Crippen molar-refractivity contribution >= 4 is 6.21 Å². The summed E-state index contributed by atoms with van der Waals surface area (Å²) >= 11 is 0. The Morgan fingerprint density at radius 3 is 1.51 bits per heavy atom. The molecule has 0 radical (unpaired) electrons. The van der Waals surface area contributed by atoms with Crippen molar-refractivity contribution in [1.29, 1.82) is 0 Å². The van der Waals surface area contributed by atoms with E-state index in [1.807, 2.05) is 105 Å². The van der Waals surface area contributed by atoms with Crippen LogP contribution < -0.4 is 0 Å². The van der Waals surface area contributed by atoms with Crippen LogP contribution in [0, 0.1) is 55.4 Å². The van der Waals surface area contributed by atoms with Gasteiger partial charge in [0.05, 0.1) is 23.6 Å². The van der Waals surface area contributed by atoms with E-state index in [-0.39, 0.29) is 0 Å². The number of hydrogen-bond donors (Lipinski definition) is 0. The van der Waals surface area contributed by atoms with E-state index >= 15 is 0 Å². The van der Waals surface area contributed by atoms with Gasteiger partial charge in [-0.25, -0.2) is 0 Å². The van der Waals surface area contributed by atoms with Crippen LogP contribution >= 0.6 is 0 Å². The summed E-state index contributed by atoms with van der Waals surface area (Å²) < 4.78 is 11.4. The molecule has 4 heterocycles. The van der Waals surface area contributed by atoms with Gasteiger partial charge < -0.3 is 9.05 Å². The van der Waals surface area contributed by atoms with Crippen molar-refractivity contribution in [2.45, 2.75) is 83.1 Å². The second-order valence-electron chi connectivity index (χ2n) is 9.17. The highest BCUT2D eigenvalue weighted by atomic mass is 16.5. The molecular weight excluding hydrogens is 486 g/mol. The van der Waals surface area contributed by atoms with Crippen LogP contribution in [0.5, 0.6) is 0 Å². The molecule has 0 aliphatic carbocycles. The van der Waals surface area contributed by atoms with Gasteiger partial charge in [-0.1, -0.05) is 60.1 Å². The number of benzene rings is 1. The second kappa shape index (κ2) is 19.3. The standard InChI is InChI=1S/C7H8.C6H10N2.C6H9NO.C6H9N.C5H7NO.C2H6/c1-7-5-3-2-4-6-7;1-5-4-6(2)8(3)7-5;1-4-5(2)7-8-6(4)3;1-5-3-7-4-6(5)2;1-4-3-5(2)7-6-4;1-2/h2-6H,1H3;4H,1-3H3;1-3H3;3H,4H2,1-2H3;3H,1-2H3;1-2H3. The molecule has 0 saturated carbocycles. The third-order valence-electron chi connectivity index (χ3n) is 5.60. The highest BCUT2D eigenvalue weighted by Crippen LogP contribution is 2.08. The molecule has 0 amide bonds. The van der Waals surface area contributed by atoms with E-state index in [0.717, 1.165) is 40.7 Å². The van der Waals surface area contributed by atoms with Crippen LogP contribution in [0.2, 0.25) is 0 Å². The highest BCUT2D eigenvalue weighted by Gasteiger charge is 2.00. The number of aromatic nitrogens is 4. The summed E-state index contributed by atoms with van der Waals surface area (Å²) in [5.41, 5.74) is 9.44. The molecule has 214 valence electrons. The summed E-state index contributed by atoms with van der Waals surface area (Å²) in [7, 11) is 1.95. The number of aliphatic imine (C=N–C) groups is 1. The van der Waals surface area contributed by atoms with Gasteiger partial charge in [0.25, 0.3) is 0 Å². The topological polar surface area (TPSA) is 82.2 Å². The lowest BCUT2D eigenvalue weighted by atomic mass is 10.2. The first-order valence-electron chi connectivity index (χ1n) is 13.3. The van der Waals surface area contributed by atoms with Gasteiger partial charge >= 0.3 is 0 Å². The minimum Gasteiger partial charge on any atom is -0.361 e. The predicted octanol–water partition coefficient (Wildman–Crippen LogP) is 8.36. The largest absolute Gasteiger partial charge is 0.361 e. The molecule has 0 unspecified atom stereocenters. The van der Waals surface area contributed by atoms with Gasteiger partial charge in [0, 0.05) is 30.6 Å². The van der Waals surface area contributed by atoms with E-state index in [2.05, 4.69) is 59.4 Å². The Hall–Kier alpha value is -3.74. The van der Waals surface area contributed by atoms with Crippen LogP contribution in [0.1, 0.15) is 73.1 Å². The number of nitrogens with zero attached hydrogens (tertiary/aromatic N) is 5. The van der Waals surface area contributed by atoms with Gasteiger partial charge in [-0.05, 0) is 86.4 Å². The van der Waals surface area contributed by atoms with Crippen LogP contribution in [0.15, 0.2) is 67.6 Å². The van der Waals surface area contributed by atoms with Gasteiger partial charge in [0.2, 0.25) is 0 Å². The zero-order chi connectivity index (χ0) is 30.0. The molecule has 7 heteroatoms. The molecule has 1 aliphatic heterocycles. The van der Waals surface area contributed by atoms with Gasteiger partial charge in [-0.2, -0.15) is 5.10 Å². The van der Waals surface area contributed by atoms with E-state index in [0.29, 0.717) is 0 Å². The van der Waals surface area contributed by atoms with Crippen molar-refractivity contribution < 1.29 is 9.05 Å². The van der Waals surface area contributed by atoms with Gasteiger partial charge in [0.15, 0.2) is 0 Å². The maximum atomic E-state index is 4.84. The Morgan fingerprint density at radius 2 is 1.36 bits per heavy atom. The van der Waals surface area contributed by atoms with E-state index in [1.165, 1.54) is 22.4 Å². The first-order valence-corrected chi connectivity index (χ1v) is 13.3. The van der Waals surface area contributed by atoms with E-state index in [1.54, 1.807) is 0 Å². The summed E-state index contributed by atoms with van der Waals surface area (Å²) in [5.74, 6) is 1.79. The third kappa shape index (κ3) is 15.3. The molecule has 0 spiro atoms. The fourth-order valence-electron chi connectivity index (χ4n) is 2.85. The molecule has 5 rings (SSSR count). The fraction of sp³-hybridized carbons (Fsp3) is 0.438. The lowest BCUT2D eigenvalue weighted by molar-refractivity contribution is 0.392. The number of aryl methyl sites for hydroxylation is 8. The smallest absolute Gasteiger partial charge is 0.136 e. The Balaban J connectivity index is 0.000000456. The summed E-state index contributed by atoms with van der Waals surface area (Å²) in [6.45, 7) is 24.9. The molecule has 0 N–H and O–H groups in total. The Labute approximate surface area is 236 Å². The van der Waals surface area contributed by atoms with Gasteiger partial charge in [-0.3, -0.25) is 9.67 Å². The average Bonchev–Trinajstić information content (AvgIpc) is 3.64. The Kier molecular flexibility index (Phi) is 17.5. The number of rotatable bonds is 0. The lowest BCUT2D eigenvalue weighted by Gasteiger charge is -1.87. The minimum absolute atomic E-state index is 0.873. The van der Waals surface area contributed by atoms with E-state index in [4.69, 9.17) is 9.05 Å². The Morgan fingerprint density at radius 1 is 0.744 bits per heavy atom. The molecule has 4 aromatic rings.